The largest absolute Gasteiger partial charge is 0.338 e. The fraction of sp³-hybridized carbons (Fsp3) is 0.333. The van der Waals surface area contributed by atoms with Crippen LogP contribution in [0.5, 0.6) is 0 Å². The molecule has 1 aliphatic rings. The molecule has 1 aliphatic heterocycles. The van der Waals surface area contributed by atoms with E-state index < -0.39 is 0 Å². The lowest BCUT2D eigenvalue weighted by Gasteiger charge is -2.26. The van der Waals surface area contributed by atoms with Crippen LogP contribution in [-0.2, 0) is 9.59 Å². The number of ketones is 1. The third kappa shape index (κ3) is 3.06. The van der Waals surface area contributed by atoms with E-state index in [0.717, 1.165) is 6.42 Å². The summed E-state index contributed by atoms with van der Waals surface area (Å²) >= 11 is 0. The van der Waals surface area contributed by atoms with Crippen LogP contribution in [0, 0.1) is 0 Å². The molecule has 0 spiro atoms. The highest BCUT2D eigenvalue weighted by Crippen LogP contribution is 2.22. The second-order valence-electron chi connectivity index (χ2n) is 4.56. The quantitative estimate of drug-likeness (QED) is 0.764. The van der Waals surface area contributed by atoms with Gasteiger partial charge in [0.15, 0.2) is 0 Å². The lowest BCUT2D eigenvalue weighted by Crippen LogP contribution is -2.35. The summed E-state index contributed by atoms with van der Waals surface area (Å²) in [6.45, 7) is 2.76. The zero-order valence-electron chi connectivity index (χ0n) is 10.6. The van der Waals surface area contributed by atoms with E-state index in [0.29, 0.717) is 13.1 Å². The molecule has 0 bridgehead atoms. The number of nitrogens with zero attached hydrogens (tertiary/aromatic N) is 1. The highest BCUT2D eigenvalue weighted by atomic mass is 16.2. The second-order valence-corrected chi connectivity index (χ2v) is 4.56. The van der Waals surface area contributed by atoms with Crippen molar-refractivity contribution in [3.8, 4) is 0 Å². The standard InChI is InChI=1S/C15H17NO2/c1-12(17)11-15(18)16-9-7-14(8-10-16)13-5-3-2-4-6-13/h2-7H,8-11H2,1H3. The molecule has 0 saturated heterocycles. The Balaban J connectivity index is 2.00. The first kappa shape index (κ1) is 12.6. The van der Waals surface area contributed by atoms with Crippen LogP contribution in [-0.4, -0.2) is 29.7 Å². The molecule has 1 amide bonds. The van der Waals surface area contributed by atoms with Crippen LogP contribution in [0.2, 0.25) is 0 Å². The number of Topliss-reactive ketones (excluding diaryl/α,β-unsaturated/α-hetero) is 1. The Hall–Kier alpha value is -1.90. The predicted octanol–water partition coefficient (Wildman–Crippen LogP) is 2.28. The Morgan fingerprint density at radius 2 is 1.94 bits per heavy atom. The average molecular weight is 243 g/mol. The molecule has 0 N–H and O–H groups in total. The van der Waals surface area contributed by atoms with Gasteiger partial charge in [0.2, 0.25) is 5.91 Å². The number of hydrogen-bond donors (Lipinski definition) is 0. The van der Waals surface area contributed by atoms with Gasteiger partial charge in [-0.2, -0.15) is 0 Å². The van der Waals surface area contributed by atoms with Gasteiger partial charge in [0.05, 0.1) is 6.42 Å². The smallest absolute Gasteiger partial charge is 0.230 e. The molecule has 0 fully saturated rings. The maximum Gasteiger partial charge on any atom is 0.230 e. The third-order valence-corrected chi connectivity index (χ3v) is 3.11. The van der Waals surface area contributed by atoms with Gasteiger partial charge in [0, 0.05) is 13.1 Å². The molecule has 1 heterocycles. The van der Waals surface area contributed by atoms with Crippen LogP contribution >= 0.6 is 0 Å². The number of benzene rings is 1. The van der Waals surface area contributed by atoms with Gasteiger partial charge in [-0.05, 0) is 24.5 Å². The molecule has 0 aromatic heterocycles. The van der Waals surface area contributed by atoms with Crippen LogP contribution in [0.15, 0.2) is 36.4 Å². The van der Waals surface area contributed by atoms with Crippen molar-refractivity contribution in [2.24, 2.45) is 0 Å². The fourth-order valence-corrected chi connectivity index (χ4v) is 2.13. The number of carbonyl (C=O) groups excluding carboxylic acids is 2. The number of rotatable bonds is 3. The lowest BCUT2D eigenvalue weighted by atomic mass is 9.99. The van der Waals surface area contributed by atoms with Crippen molar-refractivity contribution in [3.05, 3.63) is 42.0 Å². The topological polar surface area (TPSA) is 37.4 Å². The molecule has 3 nitrogen and oxygen atoms in total. The predicted molar refractivity (Wildman–Crippen MR) is 70.9 cm³/mol. The van der Waals surface area contributed by atoms with Gasteiger partial charge >= 0.3 is 0 Å². The zero-order valence-corrected chi connectivity index (χ0v) is 10.6. The maximum absolute atomic E-state index is 11.7. The van der Waals surface area contributed by atoms with Crippen LogP contribution in [0.4, 0.5) is 0 Å². The molecule has 3 heteroatoms. The average Bonchev–Trinajstić information content (AvgIpc) is 2.39. The zero-order chi connectivity index (χ0) is 13.0. The fourth-order valence-electron chi connectivity index (χ4n) is 2.13. The van der Waals surface area contributed by atoms with Gasteiger partial charge in [-0.1, -0.05) is 36.4 Å². The minimum atomic E-state index is -0.0714. The molecule has 0 unspecified atom stereocenters. The van der Waals surface area contributed by atoms with Crippen molar-refractivity contribution in [1.82, 2.24) is 4.90 Å². The second kappa shape index (κ2) is 5.63. The first-order valence-electron chi connectivity index (χ1n) is 6.18. The molecular formula is C15H17NO2. The summed E-state index contributed by atoms with van der Waals surface area (Å²) in [4.78, 5) is 24.4. The van der Waals surface area contributed by atoms with Crippen LogP contribution < -0.4 is 0 Å². The van der Waals surface area contributed by atoms with E-state index in [2.05, 4.69) is 18.2 Å². The first-order chi connectivity index (χ1) is 8.66. The Kier molecular flexibility index (Phi) is 3.92. The molecule has 0 saturated carbocycles. The summed E-state index contributed by atoms with van der Waals surface area (Å²) in [7, 11) is 0. The highest BCUT2D eigenvalue weighted by molar-refractivity contribution is 5.97. The highest BCUT2D eigenvalue weighted by Gasteiger charge is 2.18. The molecule has 2 rings (SSSR count). The van der Waals surface area contributed by atoms with Crippen molar-refractivity contribution in [3.63, 3.8) is 0 Å². The van der Waals surface area contributed by atoms with E-state index in [1.165, 1.54) is 18.1 Å². The van der Waals surface area contributed by atoms with Crippen molar-refractivity contribution >= 4 is 17.3 Å². The van der Waals surface area contributed by atoms with E-state index in [-0.39, 0.29) is 18.1 Å². The number of hydrogen-bond acceptors (Lipinski definition) is 2. The maximum atomic E-state index is 11.7. The summed E-state index contributed by atoms with van der Waals surface area (Å²) in [5, 5.41) is 0. The Morgan fingerprint density at radius 1 is 1.22 bits per heavy atom. The van der Waals surface area contributed by atoms with Crippen LogP contribution in [0.3, 0.4) is 0 Å². The Morgan fingerprint density at radius 3 is 2.50 bits per heavy atom. The van der Waals surface area contributed by atoms with E-state index in [9.17, 15) is 9.59 Å². The Labute approximate surface area is 107 Å². The summed E-state index contributed by atoms with van der Waals surface area (Å²) < 4.78 is 0. The van der Waals surface area contributed by atoms with E-state index >= 15 is 0 Å². The molecule has 94 valence electrons. The van der Waals surface area contributed by atoms with Gasteiger partial charge in [0.25, 0.3) is 0 Å². The first-order valence-corrected chi connectivity index (χ1v) is 6.18. The minimum Gasteiger partial charge on any atom is -0.338 e. The molecule has 1 aromatic rings. The minimum absolute atomic E-state index is 0.0223. The summed E-state index contributed by atoms with van der Waals surface area (Å²) in [6, 6.07) is 10.2. The molecule has 0 atom stereocenters. The summed E-state index contributed by atoms with van der Waals surface area (Å²) in [6.07, 6.45) is 2.96. The Bertz CT molecular complexity index is 477. The van der Waals surface area contributed by atoms with E-state index in [4.69, 9.17) is 0 Å². The third-order valence-electron chi connectivity index (χ3n) is 3.11. The van der Waals surface area contributed by atoms with Gasteiger partial charge in [-0.25, -0.2) is 0 Å². The SMILES string of the molecule is CC(=O)CC(=O)N1CC=C(c2ccccc2)CC1. The monoisotopic (exact) mass is 243 g/mol. The van der Waals surface area contributed by atoms with Crippen molar-refractivity contribution in [2.75, 3.05) is 13.1 Å². The summed E-state index contributed by atoms with van der Waals surface area (Å²) in [5.74, 6) is -0.135. The van der Waals surface area contributed by atoms with Gasteiger partial charge in [-0.3, -0.25) is 9.59 Å². The molecule has 1 aromatic carbocycles. The van der Waals surface area contributed by atoms with Gasteiger partial charge in [-0.15, -0.1) is 0 Å². The molecular weight excluding hydrogens is 226 g/mol. The van der Waals surface area contributed by atoms with Crippen molar-refractivity contribution in [1.29, 1.82) is 0 Å². The van der Waals surface area contributed by atoms with Gasteiger partial charge in [0.1, 0.15) is 5.78 Å². The van der Waals surface area contributed by atoms with Crippen molar-refractivity contribution < 1.29 is 9.59 Å². The van der Waals surface area contributed by atoms with Crippen LogP contribution in [0.1, 0.15) is 25.3 Å². The number of amides is 1. The van der Waals surface area contributed by atoms with E-state index in [1.807, 2.05) is 18.2 Å². The van der Waals surface area contributed by atoms with Gasteiger partial charge < -0.3 is 4.90 Å². The lowest BCUT2D eigenvalue weighted by molar-refractivity contribution is -0.134. The number of carbonyl (C=O) groups is 2. The van der Waals surface area contributed by atoms with E-state index in [1.54, 1.807) is 4.90 Å². The molecule has 18 heavy (non-hydrogen) atoms. The normalized spacial score (nSPS) is 15.2. The van der Waals surface area contributed by atoms with Crippen LogP contribution in [0.25, 0.3) is 5.57 Å². The molecule has 0 radical (unpaired) electrons. The van der Waals surface area contributed by atoms with Crippen molar-refractivity contribution in [2.45, 2.75) is 19.8 Å². The molecule has 0 aliphatic carbocycles. The summed E-state index contributed by atoms with van der Waals surface area (Å²) in [5.41, 5.74) is 2.50.